The number of amides is 1. The highest BCUT2D eigenvalue weighted by Gasteiger charge is 2.40. The lowest BCUT2D eigenvalue weighted by molar-refractivity contribution is -0.161. The summed E-state index contributed by atoms with van der Waals surface area (Å²) in [5.41, 5.74) is -0.0448. The molecule has 0 aromatic heterocycles. The summed E-state index contributed by atoms with van der Waals surface area (Å²) in [5, 5.41) is 0. The van der Waals surface area contributed by atoms with E-state index in [2.05, 4.69) is 9.80 Å². The molecule has 2 heterocycles. The molecule has 1 aliphatic carbocycles. The third-order valence-electron chi connectivity index (χ3n) is 5.28. The molecule has 21 heavy (non-hydrogen) atoms. The second kappa shape index (κ2) is 6.63. The molecule has 5 nitrogen and oxygen atoms in total. The lowest BCUT2D eigenvalue weighted by Crippen LogP contribution is -2.58. The van der Waals surface area contributed by atoms with Crippen molar-refractivity contribution >= 4 is 5.91 Å². The molecule has 5 heteroatoms. The topological polar surface area (TPSA) is 42.0 Å². The summed E-state index contributed by atoms with van der Waals surface area (Å²) in [6, 6.07) is -0.0346. The normalized spacial score (nSPS) is 28.5. The van der Waals surface area contributed by atoms with Crippen LogP contribution in [0.4, 0.5) is 0 Å². The van der Waals surface area contributed by atoms with E-state index < -0.39 is 0 Å². The van der Waals surface area contributed by atoms with E-state index in [9.17, 15) is 4.79 Å². The molecule has 0 unspecified atom stereocenters. The van der Waals surface area contributed by atoms with Gasteiger partial charge in [0.15, 0.2) is 0 Å². The monoisotopic (exact) mass is 296 g/mol. The molecule has 2 aliphatic heterocycles. The molecule has 1 saturated carbocycles. The number of carbonyl (C=O) groups excluding carboxylic acids is 1. The zero-order chi connectivity index (χ0) is 14.7. The van der Waals surface area contributed by atoms with Gasteiger partial charge in [0.25, 0.3) is 0 Å². The standard InChI is InChI=1S/C16H28N2O3/c1-14(17-7-10-20-11-8-17)15(19)18-9-12-21-16(13-18)5-3-2-4-6-16/h14H,2-13H2,1H3/t14-/m0/s1. The minimum absolute atomic E-state index is 0.0346. The Morgan fingerprint density at radius 1 is 1.05 bits per heavy atom. The van der Waals surface area contributed by atoms with Crippen LogP contribution in [0.3, 0.4) is 0 Å². The zero-order valence-electron chi connectivity index (χ0n) is 13.2. The summed E-state index contributed by atoms with van der Waals surface area (Å²) in [4.78, 5) is 17.1. The maximum Gasteiger partial charge on any atom is 0.239 e. The Hall–Kier alpha value is -0.650. The Balaban J connectivity index is 1.60. The Morgan fingerprint density at radius 3 is 2.48 bits per heavy atom. The van der Waals surface area contributed by atoms with E-state index in [4.69, 9.17) is 9.47 Å². The molecule has 0 N–H and O–H groups in total. The van der Waals surface area contributed by atoms with Gasteiger partial charge < -0.3 is 14.4 Å². The largest absolute Gasteiger partial charge is 0.379 e. The van der Waals surface area contributed by atoms with E-state index in [1.807, 2.05) is 6.92 Å². The number of carbonyl (C=O) groups is 1. The molecule has 2 saturated heterocycles. The number of ether oxygens (including phenoxy) is 2. The van der Waals surface area contributed by atoms with Crippen LogP contribution in [0.5, 0.6) is 0 Å². The van der Waals surface area contributed by atoms with Gasteiger partial charge in [-0.15, -0.1) is 0 Å². The third-order valence-corrected chi connectivity index (χ3v) is 5.28. The van der Waals surface area contributed by atoms with E-state index >= 15 is 0 Å². The van der Waals surface area contributed by atoms with Crippen LogP contribution in [-0.4, -0.2) is 73.3 Å². The highest BCUT2D eigenvalue weighted by molar-refractivity contribution is 5.81. The average Bonchev–Trinajstić information content (AvgIpc) is 2.55. The molecule has 3 rings (SSSR count). The van der Waals surface area contributed by atoms with Gasteiger partial charge in [-0.05, 0) is 19.8 Å². The lowest BCUT2D eigenvalue weighted by Gasteiger charge is -2.46. The Morgan fingerprint density at radius 2 is 1.76 bits per heavy atom. The summed E-state index contributed by atoms with van der Waals surface area (Å²) >= 11 is 0. The van der Waals surface area contributed by atoms with Crippen molar-refractivity contribution in [2.45, 2.75) is 50.7 Å². The maximum atomic E-state index is 12.8. The molecule has 3 aliphatic rings. The zero-order valence-corrected chi connectivity index (χ0v) is 13.2. The van der Waals surface area contributed by atoms with Crippen LogP contribution in [0.25, 0.3) is 0 Å². The van der Waals surface area contributed by atoms with Crippen LogP contribution in [0, 0.1) is 0 Å². The van der Waals surface area contributed by atoms with Crippen LogP contribution < -0.4 is 0 Å². The predicted molar refractivity (Wildman–Crippen MR) is 80.2 cm³/mol. The first-order valence-corrected chi connectivity index (χ1v) is 8.45. The van der Waals surface area contributed by atoms with Gasteiger partial charge in [-0.2, -0.15) is 0 Å². The highest BCUT2D eigenvalue weighted by Crippen LogP contribution is 2.34. The molecule has 0 radical (unpaired) electrons. The first-order chi connectivity index (χ1) is 10.2. The number of nitrogens with zero attached hydrogens (tertiary/aromatic N) is 2. The fourth-order valence-electron chi connectivity index (χ4n) is 3.92. The van der Waals surface area contributed by atoms with Crippen molar-refractivity contribution in [3.63, 3.8) is 0 Å². The van der Waals surface area contributed by atoms with E-state index in [-0.39, 0.29) is 17.6 Å². The van der Waals surface area contributed by atoms with Crippen LogP contribution >= 0.6 is 0 Å². The van der Waals surface area contributed by atoms with Crippen molar-refractivity contribution in [2.75, 3.05) is 46.0 Å². The molecule has 0 aromatic rings. The smallest absolute Gasteiger partial charge is 0.239 e. The first-order valence-electron chi connectivity index (χ1n) is 8.45. The van der Waals surface area contributed by atoms with Gasteiger partial charge in [0.2, 0.25) is 5.91 Å². The highest BCUT2D eigenvalue weighted by atomic mass is 16.5. The molecular formula is C16H28N2O3. The van der Waals surface area contributed by atoms with Crippen molar-refractivity contribution in [3.05, 3.63) is 0 Å². The molecule has 120 valence electrons. The van der Waals surface area contributed by atoms with Gasteiger partial charge in [0.05, 0.1) is 31.5 Å². The lowest BCUT2D eigenvalue weighted by atomic mass is 9.83. The second-order valence-electron chi connectivity index (χ2n) is 6.68. The van der Waals surface area contributed by atoms with Gasteiger partial charge in [-0.25, -0.2) is 0 Å². The SMILES string of the molecule is C[C@@H](C(=O)N1CCOC2(CCCCC2)C1)N1CCOCC1. The summed E-state index contributed by atoms with van der Waals surface area (Å²) in [5.74, 6) is 0.269. The Kier molecular flexibility index (Phi) is 4.82. The average molecular weight is 296 g/mol. The summed E-state index contributed by atoms with van der Waals surface area (Å²) in [6.45, 7) is 7.48. The van der Waals surface area contributed by atoms with Gasteiger partial charge in [-0.3, -0.25) is 9.69 Å². The molecule has 1 amide bonds. The number of hydrogen-bond acceptors (Lipinski definition) is 4. The van der Waals surface area contributed by atoms with Crippen LogP contribution in [0.1, 0.15) is 39.0 Å². The van der Waals surface area contributed by atoms with Crippen molar-refractivity contribution in [1.29, 1.82) is 0 Å². The minimum atomic E-state index is -0.0448. The van der Waals surface area contributed by atoms with E-state index in [0.717, 1.165) is 52.2 Å². The fraction of sp³-hybridized carbons (Fsp3) is 0.938. The molecule has 3 fully saturated rings. The summed E-state index contributed by atoms with van der Waals surface area (Å²) < 4.78 is 11.5. The Bertz CT molecular complexity index is 357. The van der Waals surface area contributed by atoms with Gasteiger partial charge in [-0.1, -0.05) is 19.3 Å². The van der Waals surface area contributed by atoms with Crippen molar-refractivity contribution in [1.82, 2.24) is 9.80 Å². The van der Waals surface area contributed by atoms with Gasteiger partial charge in [0, 0.05) is 26.2 Å². The van der Waals surface area contributed by atoms with E-state index in [1.165, 1.54) is 19.3 Å². The molecule has 1 spiro atoms. The molecular weight excluding hydrogens is 268 g/mol. The van der Waals surface area contributed by atoms with E-state index in [0.29, 0.717) is 6.61 Å². The molecule has 0 aromatic carbocycles. The van der Waals surface area contributed by atoms with Gasteiger partial charge >= 0.3 is 0 Å². The van der Waals surface area contributed by atoms with Crippen molar-refractivity contribution < 1.29 is 14.3 Å². The minimum Gasteiger partial charge on any atom is -0.379 e. The van der Waals surface area contributed by atoms with Crippen molar-refractivity contribution in [2.24, 2.45) is 0 Å². The number of rotatable bonds is 2. The first kappa shape index (κ1) is 15.3. The van der Waals surface area contributed by atoms with Crippen LogP contribution in [0.2, 0.25) is 0 Å². The summed E-state index contributed by atoms with van der Waals surface area (Å²) in [7, 11) is 0. The van der Waals surface area contributed by atoms with Crippen LogP contribution in [-0.2, 0) is 14.3 Å². The van der Waals surface area contributed by atoms with E-state index in [1.54, 1.807) is 0 Å². The maximum absolute atomic E-state index is 12.8. The molecule has 0 bridgehead atoms. The molecule has 1 atom stereocenters. The van der Waals surface area contributed by atoms with Crippen molar-refractivity contribution in [3.8, 4) is 0 Å². The number of hydrogen-bond donors (Lipinski definition) is 0. The fourth-order valence-corrected chi connectivity index (χ4v) is 3.92. The van der Waals surface area contributed by atoms with Gasteiger partial charge in [0.1, 0.15) is 0 Å². The second-order valence-corrected chi connectivity index (χ2v) is 6.68. The Labute approximate surface area is 127 Å². The number of morpholine rings is 2. The third kappa shape index (κ3) is 3.41. The van der Waals surface area contributed by atoms with Crippen LogP contribution in [0.15, 0.2) is 0 Å². The predicted octanol–water partition coefficient (Wildman–Crippen LogP) is 1.27. The summed E-state index contributed by atoms with van der Waals surface area (Å²) in [6.07, 6.45) is 6.01. The quantitative estimate of drug-likeness (QED) is 0.769.